The van der Waals surface area contributed by atoms with Crippen molar-refractivity contribution in [2.45, 2.75) is 6.10 Å². The number of nitrogens with zero attached hydrogens (tertiary/aromatic N) is 2. The van der Waals surface area contributed by atoms with Crippen LogP contribution in [0.5, 0.6) is 0 Å². The average molecular weight is 368 g/mol. The molecule has 25 heavy (non-hydrogen) atoms. The minimum Gasteiger partial charge on any atom is -0.447 e. The van der Waals surface area contributed by atoms with Crippen LogP contribution in [0.25, 0.3) is 0 Å². The lowest BCUT2D eigenvalue weighted by atomic mass is 10.2. The summed E-state index contributed by atoms with van der Waals surface area (Å²) < 4.78 is 24.4. The molecule has 2 heterocycles. The van der Waals surface area contributed by atoms with Crippen molar-refractivity contribution in [1.82, 2.24) is 10.6 Å². The number of hydrogen-bond acceptors (Lipinski definition) is 5. The minimum absolute atomic E-state index is 0.122. The van der Waals surface area contributed by atoms with E-state index in [0.717, 1.165) is 0 Å². The highest BCUT2D eigenvalue weighted by atomic mass is 32.1. The predicted octanol–water partition coefficient (Wildman–Crippen LogP) is 1.20. The van der Waals surface area contributed by atoms with Gasteiger partial charge in [-0.3, -0.25) is 9.80 Å². The Kier molecular flexibility index (Phi) is 4.88. The minimum atomic E-state index is -0.609. The van der Waals surface area contributed by atoms with Crippen LogP contribution in [0, 0.1) is 5.82 Å². The number of carbonyl (C=O) groups is 2. The Labute approximate surface area is 148 Å². The Morgan fingerprint density at radius 3 is 2.80 bits per heavy atom. The molecule has 0 aliphatic carbocycles. The van der Waals surface area contributed by atoms with Gasteiger partial charge in [0.15, 0.2) is 5.11 Å². The van der Waals surface area contributed by atoms with Crippen molar-refractivity contribution in [2.75, 3.05) is 43.1 Å². The zero-order valence-electron chi connectivity index (χ0n) is 13.5. The quantitative estimate of drug-likeness (QED) is 0.773. The van der Waals surface area contributed by atoms with Gasteiger partial charge in [-0.15, -0.1) is 0 Å². The Balaban J connectivity index is 1.69. The van der Waals surface area contributed by atoms with Gasteiger partial charge in [-0.25, -0.2) is 14.0 Å². The molecule has 2 fully saturated rings. The molecular weight excluding hydrogens is 351 g/mol. The molecule has 2 N–H and O–H groups in total. The van der Waals surface area contributed by atoms with Gasteiger partial charge < -0.3 is 20.1 Å². The van der Waals surface area contributed by atoms with E-state index in [1.54, 1.807) is 13.1 Å². The van der Waals surface area contributed by atoms with Gasteiger partial charge in [0.1, 0.15) is 18.5 Å². The van der Waals surface area contributed by atoms with Crippen LogP contribution >= 0.6 is 12.2 Å². The van der Waals surface area contributed by atoms with E-state index in [0.29, 0.717) is 23.9 Å². The number of cyclic esters (lactones) is 2. The molecule has 10 heteroatoms. The summed E-state index contributed by atoms with van der Waals surface area (Å²) in [5, 5.41) is 6.12. The van der Waals surface area contributed by atoms with E-state index < -0.39 is 24.1 Å². The van der Waals surface area contributed by atoms with Crippen LogP contribution in [0.2, 0.25) is 0 Å². The molecule has 0 spiro atoms. The number of hydrogen-bond donors (Lipinski definition) is 2. The number of thiocarbonyl (C=S) groups is 1. The van der Waals surface area contributed by atoms with Gasteiger partial charge in [0, 0.05) is 7.05 Å². The monoisotopic (exact) mass is 368 g/mol. The lowest BCUT2D eigenvalue weighted by Gasteiger charge is -2.17. The highest BCUT2D eigenvalue weighted by Gasteiger charge is 2.33. The number of ether oxygens (including phenoxy) is 2. The zero-order valence-corrected chi connectivity index (χ0v) is 14.3. The van der Waals surface area contributed by atoms with Crippen LogP contribution in [0.3, 0.4) is 0 Å². The number of carbonyl (C=O) groups excluding carboxylic acids is 2. The summed E-state index contributed by atoms with van der Waals surface area (Å²) in [7, 11) is 1.68. The summed E-state index contributed by atoms with van der Waals surface area (Å²) in [6.07, 6.45) is -1.55. The Hall–Kier alpha value is -2.62. The van der Waals surface area contributed by atoms with Crippen molar-refractivity contribution in [3.63, 3.8) is 0 Å². The average Bonchev–Trinajstić information content (AvgIpc) is 3.18. The molecule has 2 saturated heterocycles. The first-order valence-corrected chi connectivity index (χ1v) is 8.08. The summed E-state index contributed by atoms with van der Waals surface area (Å²) >= 11 is 4.97. The molecule has 1 unspecified atom stereocenters. The van der Waals surface area contributed by atoms with Crippen molar-refractivity contribution in [3.8, 4) is 0 Å². The number of benzene rings is 1. The summed E-state index contributed by atoms with van der Waals surface area (Å²) in [6.45, 7) is 1.13. The second-order valence-corrected chi connectivity index (χ2v) is 5.89. The molecule has 2 aliphatic rings. The first-order valence-electron chi connectivity index (χ1n) is 7.67. The number of halogens is 1. The van der Waals surface area contributed by atoms with Crippen LogP contribution in [0.4, 0.5) is 25.4 Å². The molecule has 1 atom stereocenters. The van der Waals surface area contributed by atoms with Crippen LogP contribution in [0.15, 0.2) is 18.2 Å². The fourth-order valence-electron chi connectivity index (χ4n) is 2.63. The Morgan fingerprint density at radius 1 is 1.36 bits per heavy atom. The Morgan fingerprint density at radius 2 is 2.16 bits per heavy atom. The fraction of sp³-hybridized carbons (Fsp3) is 0.400. The molecule has 0 radical (unpaired) electrons. The van der Waals surface area contributed by atoms with Gasteiger partial charge >= 0.3 is 12.2 Å². The van der Waals surface area contributed by atoms with E-state index in [-0.39, 0.29) is 18.8 Å². The van der Waals surface area contributed by atoms with Crippen molar-refractivity contribution < 1.29 is 23.5 Å². The first-order chi connectivity index (χ1) is 12.0. The van der Waals surface area contributed by atoms with Gasteiger partial charge in [0.25, 0.3) is 0 Å². The normalized spacial score (nSPS) is 19.7. The predicted molar refractivity (Wildman–Crippen MR) is 92.4 cm³/mol. The van der Waals surface area contributed by atoms with E-state index in [1.165, 1.54) is 21.9 Å². The smallest absolute Gasteiger partial charge is 0.414 e. The molecule has 1 aromatic rings. The second-order valence-electron chi connectivity index (χ2n) is 5.48. The number of amides is 2. The molecule has 134 valence electrons. The van der Waals surface area contributed by atoms with Gasteiger partial charge in [-0.2, -0.15) is 0 Å². The lowest BCUT2D eigenvalue weighted by Crippen LogP contribution is -2.39. The van der Waals surface area contributed by atoms with Crippen LogP contribution in [-0.4, -0.2) is 56.7 Å². The number of anilines is 2. The molecule has 0 saturated carbocycles. The maximum atomic E-state index is 14.4. The third kappa shape index (κ3) is 3.58. The molecule has 2 aliphatic heterocycles. The highest BCUT2D eigenvalue weighted by molar-refractivity contribution is 7.80. The van der Waals surface area contributed by atoms with Gasteiger partial charge in [0.05, 0.1) is 31.0 Å². The third-order valence-electron chi connectivity index (χ3n) is 3.89. The molecule has 2 amide bonds. The lowest BCUT2D eigenvalue weighted by molar-refractivity contribution is 0.143. The highest BCUT2D eigenvalue weighted by Crippen LogP contribution is 2.29. The Bertz CT molecular complexity index is 717. The van der Waals surface area contributed by atoms with Crippen molar-refractivity contribution >= 4 is 40.9 Å². The van der Waals surface area contributed by atoms with E-state index in [9.17, 15) is 14.0 Å². The number of rotatable bonds is 4. The molecule has 8 nitrogen and oxygen atoms in total. The molecule has 0 aromatic heterocycles. The molecular formula is C15H17FN4O4S. The first kappa shape index (κ1) is 17.2. The van der Waals surface area contributed by atoms with Gasteiger partial charge in [-0.05, 0) is 30.4 Å². The molecule has 0 bridgehead atoms. The molecule has 3 rings (SSSR count). The zero-order chi connectivity index (χ0) is 18.0. The summed E-state index contributed by atoms with van der Waals surface area (Å²) in [4.78, 5) is 26.1. The third-order valence-corrected chi connectivity index (χ3v) is 4.23. The SMILES string of the molecule is CNC(=S)NCC1CN(c2ccc(N3CCOC3=O)c(F)c2)C(=O)O1. The van der Waals surface area contributed by atoms with Gasteiger partial charge in [0.2, 0.25) is 0 Å². The maximum Gasteiger partial charge on any atom is 0.414 e. The van der Waals surface area contributed by atoms with E-state index in [2.05, 4.69) is 10.6 Å². The summed E-state index contributed by atoms with van der Waals surface area (Å²) in [5.41, 5.74) is 0.480. The van der Waals surface area contributed by atoms with Crippen molar-refractivity contribution in [3.05, 3.63) is 24.0 Å². The fourth-order valence-corrected chi connectivity index (χ4v) is 2.71. The topological polar surface area (TPSA) is 83.1 Å². The summed E-state index contributed by atoms with van der Waals surface area (Å²) in [5.74, 6) is -0.609. The largest absolute Gasteiger partial charge is 0.447 e. The second kappa shape index (κ2) is 7.09. The molecule has 1 aromatic carbocycles. The summed E-state index contributed by atoms with van der Waals surface area (Å²) in [6, 6.07) is 4.22. The van der Waals surface area contributed by atoms with E-state index in [1.807, 2.05) is 0 Å². The van der Waals surface area contributed by atoms with Crippen LogP contribution < -0.4 is 20.4 Å². The van der Waals surface area contributed by atoms with E-state index >= 15 is 0 Å². The maximum absolute atomic E-state index is 14.4. The standard InChI is InChI=1S/C15H17FN4O4S/c1-17-13(25)18-7-10-8-20(15(22)24-10)9-2-3-12(11(16)6-9)19-4-5-23-14(19)21/h2-3,6,10H,4-5,7-8H2,1H3,(H2,17,18,25). The van der Waals surface area contributed by atoms with Gasteiger partial charge in [-0.1, -0.05) is 0 Å². The van der Waals surface area contributed by atoms with Crippen LogP contribution in [0.1, 0.15) is 0 Å². The van der Waals surface area contributed by atoms with Crippen molar-refractivity contribution in [1.29, 1.82) is 0 Å². The van der Waals surface area contributed by atoms with Crippen LogP contribution in [-0.2, 0) is 9.47 Å². The number of nitrogens with one attached hydrogen (secondary N) is 2. The van der Waals surface area contributed by atoms with E-state index in [4.69, 9.17) is 21.7 Å². The van der Waals surface area contributed by atoms with Crippen molar-refractivity contribution in [2.24, 2.45) is 0 Å².